The summed E-state index contributed by atoms with van der Waals surface area (Å²) in [6, 6.07) is 13.0. The molecule has 28 heavy (non-hydrogen) atoms. The van der Waals surface area contributed by atoms with Gasteiger partial charge in [-0.25, -0.2) is 9.37 Å². The first-order valence-corrected chi connectivity index (χ1v) is 9.81. The maximum absolute atomic E-state index is 12.9. The van der Waals surface area contributed by atoms with E-state index in [0.29, 0.717) is 35.6 Å². The van der Waals surface area contributed by atoms with E-state index >= 15 is 0 Å². The van der Waals surface area contributed by atoms with Crippen LogP contribution >= 0.6 is 11.8 Å². The van der Waals surface area contributed by atoms with Crippen molar-refractivity contribution in [2.75, 3.05) is 12.4 Å². The van der Waals surface area contributed by atoms with Crippen molar-refractivity contribution in [1.82, 2.24) is 14.9 Å². The Kier molecular flexibility index (Phi) is 6.78. The van der Waals surface area contributed by atoms with Crippen LogP contribution in [0.3, 0.4) is 0 Å². The van der Waals surface area contributed by atoms with Gasteiger partial charge < -0.3 is 10.4 Å². The second kappa shape index (κ2) is 9.48. The van der Waals surface area contributed by atoms with Gasteiger partial charge in [-0.15, -0.1) is 0 Å². The summed E-state index contributed by atoms with van der Waals surface area (Å²) in [7, 11) is 0. The van der Waals surface area contributed by atoms with Crippen molar-refractivity contribution in [3.8, 4) is 0 Å². The molecule has 0 radical (unpaired) electrons. The number of hydrogen-bond acceptors (Lipinski definition) is 5. The number of fused-ring (bicyclic) bond motifs is 1. The minimum Gasteiger partial charge on any atom is -0.396 e. The summed E-state index contributed by atoms with van der Waals surface area (Å²) < 4.78 is 14.4. The van der Waals surface area contributed by atoms with Gasteiger partial charge in [-0.05, 0) is 36.2 Å². The maximum Gasteiger partial charge on any atom is 0.262 e. The highest BCUT2D eigenvalue weighted by Crippen LogP contribution is 2.18. The Morgan fingerprint density at radius 1 is 1.18 bits per heavy atom. The van der Waals surface area contributed by atoms with Crippen LogP contribution in [0.2, 0.25) is 0 Å². The van der Waals surface area contributed by atoms with E-state index < -0.39 is 0 Å². The topological polar surface area (TPSA) is 84.2 Å². The molecule has 1 amide bonds. The van der Waals surface area contributed by atoms with Crippen LogP contribution in [0.15, 0.2) is 58.5 Å². The number of carbonyl (C=O) groups excluding carboxylic acids is 1. The van der Waals surface area contributed by atoms with E-state index in [1.807, 2.05) is 0 Å². The van der Waals surface area contributed by atoms with Gasteiger partial charge in [0.25, 0.3) is 5.56 Å². The van der Waals surface area contributed by atoms with Gasteiger partial charge >= 0.3 is 0 Å². The lowest BCUT2D eigenvalue weighted by atomic mass is 10.2. The summed E-state index contributed by atoms with van der Waals surface area (Å²) >= 11 is 1.17. The molecule has 2 aromatic carbocycles. The van der Waals surface area contributed by atoms with Crippen LogP contribution in [0.25, 0.3) is 10.9 Å². The minimum absolute atomic E-state index is 0.0401. The third kappa shape index (κ3) is 4.96. The zero-order chi connectivity index (χ0) is 19.9. The van der Waals surface area contributed by atoms with E-state index in [4.69, 9.17) is 5.11 Å². The largest absolute Gasteiger partial charge is 0.396 e. The summed E-state index contributed by atoms with van der Waals surface area (Å²) in [5.41, 5.74) is 1.18. The van der Waals surface area contributed by atoms with Gasteiger partial charge in [-0.3, -0.25) is 14.2 Å². The molecule has 0 bridgehead atoms. The van der Waals surface area contributed by atoms with Crippen LogP contribution in [-0.2, 0) is 17.9 Å². The van der Waals surface area contributed by atoms with Gasteiger partial charge in [0.1, 0.15) is 5.82 Å². The molecular weight excluding hydrogens is 381 g/mol. The molecule has 0 atom stereocenters. The molecule has 0 fully saturated rings. The van der Waals surface area contributed by atoms with Gasteiger partial charge in [0.05, 0.1) is 16.7 Å². The first-order valence-electron chi connectivity index (χ1n) is 8.83. The highest BCUT2D eigenvalue weighted by Gasteiger charge is 2.13. The van der Waals surface area contributed by atoms with E-state index in [2.05, 4.69) is 10.3 Å². The molecule has 0 aliphatic heterocycles. The highest BCUT2D eigenvalue weighted by atomic mass is 32.2. The van der Waals surface area contributed by atoms with Crippen LogP contribution in [0.4, 0.5) is 4.39 Å². The number of para-hydroxylation sites is 1. The molecule has 0 aliphatic rings. The van der Waals surface area contributed by atoms with Crippen LogP contribution in [0.5, 0.6) is 0 Å². The standard InChI is InChI=1S/C20H20FN3O3S/c21-15-8-6-14(7-9-15)12-22-18(26)13-28-20-23-17-5-2-1-4-16(17)19(27)24(20)10-3-11-25/h1-2,4-9,25H,3,10-13H2,(H,22,26). The third-order valence-corrected chi connectivity index (χ3v) is 5.08. The van der Waals surface area contributed by atoms with E-state index in [1.165, 1.54) is 28.5 Å². The van der Waals surface area contributed by atoms with Crippen molar-refractivity contribution in [2.24, 2.45) is 0 Å². The fourth-order valence-corrected chi connectivity index (χ4v) is 3.52. The lowest BCUT2D eigenvalue weighted by Crippen LogP contribution is -2.27. The molecule has 0 unspecified atom stereocenters. The van der Waals surface area contributed by atoms with Gasteiger partial charge in [0.15, 0.2) is 5.16 Å². The molecule has 2 N–H and O–H groups in total. The second-order valence-corrected chi connectivity index (χ2v) is 7.08. The summed E-state index contributed by atoms with van der Waals surface area (Å²) in [5.74, 6) is -0.454. The average molecular weight is 401 g/mol. The molecule has 0 saturated carbocycles. The minimum atomic E-state index is -0.325. The Labute approximate surface area is 165 Å². The molecule has 6 nitrogen and oxygen atoms in total. The summed E-state index contributed by atoms with van der Waals surface area (Å²) in [5, 5.41) is 12.8. The molecule has 0 aliphatic carbocycles. The van der Waals surface area contributed by atoms with Crippen molar-refractivity contribution in [3.63, 3.8) is 0 Å². The number of aliphatic hydroxyl groups is 1. The normalized spacial score (nSPS) is 10.9. The number of nitrogens with one attached hydrogen (secondary N) is 1. The van der Waals surface area contributed by atoms with E-state index in [0.717, 1.165) is 5.56 Å². The molecule has 1 aromatic heterocycles. The molecule has 0 saturated heterocycles. The second-order valence-electron chi connectivity index (χ2n) is 6.14. The fraction of sp³-hybridized carbons (Fsp3) is 0.250. The summed E-state index contributed by atoms with van der Waals surface area (Å²) in [4.78, 5) is 29.4. The Balaban J connectivity index is 1.70. The Hall–Kier alpha value is -2.71. The number of amides is 1. The molecule has 146 valence electrons. The lowest BCUT2D eigenvalue weighted by Gasteiger charge is -2.12. The van der Waals surface area contributed by atoms with E-state index in [1.54, 1.807) is 36.4 Å². The van der Waals surface area contributed by atoms with Gasteiger partial charge in [-0.2, -0.15) is 0 Å². The lowest BCUT2D eigenvalue weighted by molar-refractivity contribution is -0.118. The molecule has 3 aromatic rings. The van der Waals surface area contributed by atoms with E-state index in [-0.39, 0.29) is 29.6 Å². The molecule has 1 heterocycles. The first-order chi connectivity index (χ1) is 13.6. The maximum atomic E-state index is 12.9. The first kappa shape index (κ1) is 20.0. The van der Waals surface area contributed by atoms with Gasteiger partial charge in [-0.1, -0.05) is 36.0 Å². The molecular formula is C20H20FN3O3S. The Bertz CT molecular complexity index is 1020. The smallest absolute Gasteiger partial charge is 0.262 e. The number of hydrogen-bond donors (Lipinski definition) is 2. The van der Waals surface area contributed by atoms with Crippen LogP contribution in [0, 0.1) is 5.82 Å². The molecule has 8 heteroatoms. The van der Waals surface area contributed by atoms with Crippen LogP contribution in [-0.4, -0.2) is 32.9 Å². The van der Waals surface area contributed by atoms with Crippen molar-refractivity contribution in [1.29, 1.82) is 0 Å². The summed E-state index contributed by atoms with van der Waals surface area (Å²) in [6.07, 6.45) is 0.421. The average Bonchev–Trinajstić information content (AvgIpc) is 2.71. The van der Waals surface area contributed by atoms with Crippen molar-refractivity contribution >= 4 is 28.6 Å². The zero-order valence-electron chi connectivity index (χ0n) is 15.1. The zero-order valence-corrected chi connectivity index (χ0v) is 15.9. The van der Waals surface area contributed by atoms with Crippen molar-refractivity contribution < 1.29 is 14.3 Å². The van der Waals surface area contributed by atoms with Gasteiger partial charge in [0, 0.05) is 19.7 Å². The number of thioether (sulfide) groups is 1. The predicted molar refractivity (Wildman–Crippen MR) is 107 cm³/mol. The quantitative estimate of drug-likeness (QED) is 0.447. The fourth-order valence-electron chi connectivity index (χ4n) is 2.67. The number of aliphatic hydroxyl groups excluding tert-OH is 1. The highest BCUT2D eigenvalue weighted by molar-refractivity contribution is 7.99. The van der Waals surface area contributed by atoms with Gasteiger partial charge in [0.2, 0.25) is 5.91 Å². The predicted octanol–water partition coefficient (Wildman–Crippen LogP) is 2.33. The number of halogens is 1. The van der Waals surface area contributed by atoms with Crippen LogP contribution < -0.4 is 10.9 Å². The molecule has 0 spiro atoms. The number of nitrogens with zero attached hydrogens (tertiary/aromatic N) is 2. The third-order valence-electron chi connectivity index (χ3n) is 4.10. The Morgan fingerprint density at radius 3 is 2.68 bits per heavy atom. The van der Waals surface area contributed by atoms with Crippen molar-refractivity contribution in [2.45, 2.75) is 24.7 Å². The molecule has 3 rings (SSSR count). The number of rotatable bonds is 8. The van der Waals surface area contributed by atoms with E-state index in [9.17, 15) is 14.0 Å². The SMILES string of the molecule is O=C(CSc1nc2ccccc2c(=O)n1CCCO)NCc1ccc(F)cc1. The monoisotopic (exact) mass is 401 g/mol. The number of carbonyl (C=O) groups is 1. The Morgan fingerprint density at radius 2 is 1.93 bits per heavy atom. The number of aromatic nitrogens is 2. The number of benzene rings is 2. The summed E-state index contributed by atoms with van der Waals surface area (Å²) in [6.45, 7) is 0.580. The van der Waals surface area contributed by atoms with Crippen molar-refractivity contribution in [3.05, 3.63) is 70.3 Å². The van der Waals surface area contributed by atoms with Crippen LogP contribution in [0.1, 0.15) is 12.0 Å².